The summed E-state index contributed by atoms with van der Waals surface area (Å²) in [6.45, 7) is 8.22. The van der Waals surface area contributed by atoms with Crippen molar-refractivity contribution >= 4 is 35.2 Å². The molecule has 2 atom stereocenters. The zero-order valence-corrected chi connectivity index (χ0v) is 19.7. The van der Waals surface area contributed by atoms with Gasteiger partial charge in [0.2, 0.25) is 11.8 Å². The van der Waals surface area contributed by atoms with Crippen molar-refractivity contribution in [2.75, 3.05) is 5.75 Å². The largest absolute Gasteiger partial charge is 0.352 e. The van der Waals surface area contributed by atoms with E-state index >= 15 is 0 Å². The van der Waals surface area contributed by atoms with E-state index in [-0.39, 0.29) is 23.6 Å². The van der Waals surface area contributed by atoms with Crippen molar-refractivity contribution in [2.45, 2.75) is 58.5 Å². The summed E-state index contributed by atoms with van der Waals surface area (Å²) in [7, 11) is 0. The third kappa shape index (κ3) is 7.37. The van der Waals surface area contributed by atoms with E-state index in [0.717, 1.165) is 23.1 Å². The first-order valence-electron chi connectivity index (χ1n) is 10.3. The Balaban J connectivity index is 2.08. The first-order valence-corrected chi connectivity index (χ1v) is 11.8. The number of carbonyl (C=O) groups excluding carboxylic acids is 2. The Kier molecular flexibility index (Phi) is 9.73. The van der Waals surface area contributed by atoms with E-state index < -0.39 is 6.04 Å². The molecule has 1 N–H and O–H groups in total. The van der Waals surface area contributed by atoms with Gasteiger partial charge in [-0.05, 0) is 44.4 Å². The van der Waals surface area contributed by atoms with E-state index in [1.54, 1.807) is 11.8 Å². The molecule has 0 saturated carbocycles. The summed E-state index contributed by atoms with van der Waals surface area (Å²) in [4.78, 5) is 27.5. The average molecular weight is 447 g/mol. The second-order valence-electron chi connectivity index (χ2n) is 7.59. The maximum atomic E-state index is 13.1. The molecular weight excluding hydrogens is 416 g/mol. The average Bonchev–Trinajstić information content (AvgIpc) is 2.73. The van der Waals surface area contributed by atoms with Crippen LogP contribution >= 0.6 is 23.4 Å². The number of thioether (sulfide) groups is 1. The van der Waals surface area contributed by atoms with Gasteiger partial charge in [-0.1, -0.05) is 66.6 Å². The van der Waals surface area contributed by atoms with Crippen molar-refractivity contribution < 1.29 is 9.59 Å². The molecule has 0 spiro atoms. The van der Waals surface area contributed by atoms with Crippen LogP contribution in [0, 0.1) is 6.92 Å². The fourth-order valence-electron chi connectivity index (χ4n) is 2.88. The van der Waals surface area contributed by atoms with E-state index in [9.17, 15) is 9.59 Å². The van der Waals surface area contributed by atoms with Crippen LogP contribution in [0.2, 0.25) is 5.02 Å². The van der Waals surface area contributed by atoms with Crippen molar-refractivity contribution in [3.63, 3.8) is 0 Å². The first-order chi connectivity index (χ1) is 14.3. The molecule has 0 saturated heterocycles. The third-order valence-electron chi connectivity index (χ3n) is 5.08. The minimum absolute atomic E-state index is 0.0561. The number of nitrogens with zero attached hydrogens (tertiary/aromatic N) is 1. The van der Waals surface area contributed by atoms with Gasteiger partial charge in [0.05, 0.1) is 5.75 Å². The Morgan fingerprint density at radius 2 is 1.77 bits per heavy atom. The van der Waals surface area contributed by atoms with Gasteiger partial charge in [-0.15, -0.1) is 11.8 Å². The minimum atomic E-state index is -0.547. The molecule has 6 heteroatoms. The fraction of sp³-hybridized carbons (Fsp3) is 0.417. The highest BCUT2D eigenvalue weighted by atomic mass is 35.5. The smallest absolute Gasteiger partial charge is 0.242 e. The summed E-state index contributed by atoms with van der Waals surface area (Å²) < 4.78 is 0. The number of aryl methyl sites for hydroxylation is 1. The van der Waals surface area contributed by atoms with Crippen molar-refractivity contribution in [1.82, 2.24) is 10.2 Å². The molecule has 0 fully saturated rings. The fourth-order valence-corrected chi connectivity index (χ4v) is 4.08. The first kappa shape index (κ1) is 24.3. The lowest BCUT2D eigenvalue weighted by atomic mass is 10.1. The van der Waals surface area contributed by atoms with Crippen LogP contribution < -0.4 is 5.32 Å². The van der Waals surface area contributed by atoms with Crippen LogP contribution in [0.25, 0.3) is 0 Å². The topological polar surface area (TPSA) is 49.4 Å². The summed E-state index contributed by atoms with van der Waals surface area (Å²) in [6, 6.07) is 15.2. The van der Waals surface area contributed by atoms with Gasteiger partial charge in [0.1, 0.15) is 6.04 Å². The van der Waals surface area contributed by atoms with E-state index in [1.807, 2.05) is 69.3 Å². The molecule has 2 rings (SSSR count). The maximum absolute atomic E-state index is 13.1. The summed E-state index contributed by atoms with van der Waals surface area (Å²) in [5, 5.41) is 3.70. The number of rotatable bonds is 10. The highest BCUT2D eigenvalue weighted by molar-refractivity contribution is 7.99. The molecule has 30 heavy (non-hydrogen) atoms. The van der Waals surface area contributed by atoms with Gasteiger partial charge >= 0.3 is 0 Å². The molecule has 0 aliphatic carbocycles. The molecular formula is C24H31ClN2O2S. The lowest BCUT2D eigenvalue weighted by Crippen LogP contribution is -2.50. The molecule has 4 nitrogen and oxygen atoms in total. The molecule has 162 valence electrons. The zero-order valence-electron chi connectivity index (χ0n) is 18.2. The van der Waals surface area contributed by atoms with Gasteiger partial charge in [-0.25, -0.2) is 0 Å². The van der Waals surface area contributed by atoms with E-state index in [4.69, 9.17) is 11.6 Å². The molecule has 0 aliphatic rings. The predicted octanol–water partition coefficient (Wildman–Crippen LogP) is 5.21. The van der Waals surface area contributed by atoms with Crippen LogP contribution in [0.1, 0.15) is 43.9 Å². The van der Waals surface area contributed by atoms with Gasteiger partial charge in [0.15, 0.2) is 0 Å². The van der Waals surface area contributed by atoms with Crippen molar-refractivity contribution in [3.05, 3.63) is 70.2 Å². The Hall–Kier alpha value is -1.98. The standard InChI is InChI=1S/C24H31ClN2O2S/c1-5-18(3)26-24(29)19(4)27(14-20-12-10-17(2)11-13-20)23(28)16-30-15-21-8-6-7-9-22(21)25/h6-13,18-19H,5,14-16H2,1-4H3,(H,26,29)/t18-,19-/m0/s1. The van der Waals surface area contributed by atoms with Crippen LogP contribution in [0.15, 0.2) is 48.5 Å². The number of nitrogens with one attached hydrogen (secondary N) is 1. The maximum Gasteiger partial charge on any atom is 0.242 e. The molecule has 0 aliphatic heterocycles. The number of benzene rings is 2. The predicted molar refractivity (Wildman–Crippen MR) is 127 cm³/mol. The highest BCUT2D eigenvalue weighted by Crippen LogP contribution is 2.21. The Bertz CT molecular complexity index is 841. The summed E-state index contributed by atoms with van der Waals surface area (Å²) in [5.74, 6) is 0.760. The number of amides is 2. The van der Waals surface area contributed by atoms with Gasteiger partial charge in [0, 0.05) is 23.4 Å². The van der Waals surface area contributed by atoms with Gasteiger partial charge in [-0.3, -0.25) is 9.59 Å². The molecule has 2 aromatic rings. The van der Waals surface area contributed by atoms with Crippen LogP contribution in [0.4, 0.5) is 0 Å². The number of halogens is 1. The molecule has 0 unspecified atom stereocenters. The monoisotopic (exact) mass is 446 g/mol. The molecule has 0 heterocycles. The van der Waals surface area contributed by atoms with Crippen molar-refractivity contribution in [3.8, 4) is 0 Å². The van der Waals surface area contributed by atoms with E-state index in [0.29, 0.717) is 17.3 Å². The van der Waals surface area contributed by atoms with Crippen molar-refractivity contribution in [2.24, 2.45) is 0 Å². The second kappa shape index (κ2) is 12.0. The number of carbonyl (C=O) groups is 2. The Morgan fingerprint density at radius 1 is 1.10 bits per heavy atom. The Labute approximate surface area is 189 Å². The van der Waals surface area contributed by atoms with Gasteiger partial charge < -0.3 is 10.2 Å². The summed E-state index contributed by atoms with van der Waals surface area (Å²) >= 11 is 7.72. The molecule has 0 radical (unpaired) electrons. The lowest BCUT2D eigenvalue weighted by Gasteiger charge is -2.29. The molecule has 0 aromatic heterocycles. The zero-order chi connectivity index (χ0) is 22.1. The minimum Gasteiger partial charge on any atom is -0.352 e. The van der Waals surface area contributed by atoms with Crippen LogP contribution in [0.3, 0.4) is 0 Å². The van der Waals surface area contributed by atoms with Crippen LogP contribution in [0.5, 0.6) is 0 Å². The van der Waals surface area contributed by atoms with Crippen LogP contribution in [-0.2, 0) is 21.9 Å². The molecule has 2 aromatic carbocycles. The van der Waals surface area contributed by atoms with Crippen molar-refractivity contribution in [1.29, 1.82) is 0 Å². The number of hydrogen-bond acceptors (Lipinski definition) is 3. The second-order valence-corrected chi connectivity index (χ2v) is 8.98. The highest BCUT2D eigenvalue weighted by Gasteiger charge is 2.26. The lowest BCUT2D eigenvalue weighted by molar-refractivity contribution is -0.138. The van der Waals surface area contributed by atoms with E-state index in [2.05, 4.69) is 5.32 Å². The molecule has 0 bridgehead atoms. The van der Waals surface area contributed by atoms with Gasteiger partial charge in [-0.2, -0.15) is 0 Å². The SMILES string of the molecule is CC[C@H](C)NC(=O)[C@H](C)N(Cc1ccc(C)cc1)C(=O)CSCc1ccccc1Cl. The van der Waals surface area contributed by atoms with E-state index in [1.165, 1.54) is 11.8 Å². The summed E-state index contributed by atoms with van der Waals surface area (Å²) in [6.07, 6.45) is 0.845. The Morgan fingerprint density at radius 3 is 2.40 bits per heavy atom. The quantitative estimate of drug-likeness (QED) is 0.544. The number of hydrogen-bond donors (Lipinski definition) is 1. The van der Waals surface area contributed by atoms with Gasteiger partial charge in [0.25, 0.3) is 0 Å². The summed E-state index contributed by atoms with van der Waals surface area (Å²) in [5.41, 5.74) is 3.17. The normalized spacial score (nSPS) is 12.8. The third-order valence-corrected chi connectivity index (χ3v) is 6.42. The molecule has 2 amide bonds. The van der Waals surface area contributed by atoms with Crippen LogP contribution in [-0.4, -0.2) is 34.6 Å².